The number of thiophene rings is 1. The lowest BCUT2D eigenvalue weighted by Gasteiger charge is -2.13. The minimum absolute atomic E-state index is 0.0784. The van der Waals surface area contributed by atoms with Crippen molar-refractivity contribution in [2.24, 2.45) is 0 Å². The third-order valence-corrected chi connectivity index (χ3v) is 9.36. The van der Waals surface area contributed by atoms with E-state index in [0.29, 0.717) is 21.9 Å². The lowest BCUT2D eigenvalue weighted by molar-refractivity contribution is 0.0699. The van der Waals surface area contributed by atoms with E-state index in [1.807, 2.05) is 24.3 Å². The number of aromatic carboxylic acids is 1. The highest BCUT2D eigenvalue weighted by molar-refractivity contribution is 14.1. The van der Waals surface area contributed by atoms with Crippen molar-refractivity contribution in [2.75, 3.05) is 12.4 Å². The van der Waals surface area contributed by atoms with Gasteiger partial charge in [-0.1, -0.05) is 28.1 Å². The Balaban J connectivity index is 2.03. The van der Waals surface area contributed by atoms with E-state index in [4.69, 9.17) is 4.74 Å². The molecule has 0 atom stereocenters. The highest BCUT2D eigenvalue weighted by atomic mass is 127. The topological polar surface area (TPSA) is 75.6 Å². The van der Waals surface area contributed by atoms with Crippen LogP contribution in [0.2, 0.25) is 0 Å². The molecule has 1 heterocycles. The van der Waals surface area contributed by atoms with Crippen LogP contribution in [-0.4, -0.2) is 24.1 Å². The van der Waals surface area contributed by atoms with E-state index in [-0.39, 0.29) is 11.5 Å². The summed E-state index contributed by atoms with van der Waals surface area (Å²) in [5, 5.41) is 14.6. The quantitative estimate of drug-likeness (QED) is 0.216. The normalized spacial score (nSPS) is 10.7. The van der Waals surface area contributed by atoms with Crippen LogP contribution in [0.5, 0.6) is 5.75 Å². The van der Waals surface area contributed by atoms with Gasteiger partial charge in [-0.05, 0) is 91.5 Å². The summed E-state index contributed by atoms with van der Waals surface area (Å²) >= 11 is 10.9. The average molecular weight is 810 g/mol. The van der Waals surface area contributed by atoms with Gasteiger partial charge in [0.25, 0.3) is 5.91 Å². The van der Waals surface area contributed by atoms with Crippen LogP contribution < -0.4 is 10.1 Å². The first-order valence-electron chi connectivity index (χ1n) is 7.88. The van der Waals surface area contributed by atoms with Crippen molar-refractivity contribution in [1.29, 1.82) is 0 Å². The minimum atomic E-state index is -1.09. The highest BCUT2D eigenvalue weighted by Crippen LogP contribution is 2.38. The van der Waals surface area contributed by atoms with Crippen LogP contribution in [0, 0.1) is 10.7 Å². The number of benzene rings is 2. The van der Waals surface area contributed by atoms with Gasteiger partial charge in [0, 0.05) is 22.6 Å². The number of ether oxygens (including phenoxy) is 1. The van der Waals surface area contributed by atoms with Crippen LogP contribution in [0.4, 0.5) is 5.00 Å². The smallest absolute Gasteiger partial charge is 0.339 e. The molecule has 0 aliphatic rings. The monoisotopic (exact) mass is 809 g/mol. The molecule has 1 amide bonds. The maximum Gasteiger partial charge on any atom is 0.339 e. The molecule has 3 rings (SSSR count). The van der Waals surface area contributed by atoms with Crippen molar-refractivity contribution in [3.05, 3.63) is 62.0 Å². The predicted octanol–water partition coefficient (Wildman–Crippen LogP) is 6.95. The summed E-state index contributed by atoms with van der Waals surface area (Å²) < 4.78 is 8.50. The summed E-state index contributed by atoms with van der Waals surface area (Å²) in [7, 11) is 1.58. The van der Waals surface area contributed by atoms with Crippen molar-refractivity contribution in [2.45, 2.75) is 0 Å². The molecule has 0 radical (unpaired) electrons. The van der Waals surface area contributed by atoms with Gasteiger partial charge in [-0.15, -0.1) is 11.3 Å². The Bertz CT molecular complexity index is 1130. The number of carboxylic acid groups (broad SMARTS) is 1. The number of anilines is 1. The minimum Gasteiger partial charge on any atom is -0.496 e. The van der Waals surface area contributed by atoms with Gasteiger partial charge in [-0.25, -0.2) is 4.79 Å². The van der Waals surface area contributed by atoms with Crippen LogP contribution in [0.3, 0.4) is 0 Å². The Kier molecular flexibility index (Phi) is 7.83. The van der Waals surface area contributed by atoms with E-state index in [9.17, 15) is 14.7 Å². The van der Waals surface area contributed by atoms with E-state index in [2.05, 4.69) is 89.0 Å². The zero-order valence-electron chi connectivity index (χ0n) is 14.6. The van der Waals surface area contributed by atoms with Crippen LogP contribution in [0.25, 0.3) is 11.1 Å². The summed E-state index contributed by atoms with van der Waals surface area (Å²) in [4.78, 5) is 25.0. The number of rotatable bonds is 5. The van der Waals surface area contributed by atoms with E-state index >= 15 is 0 Å². The van der Waals surface area contributed by atoms with E-state index < -0.39 is 5.97 Å². The van der Waals surface area contributed by atoms with Gasteiger partial charge >= 0.3 is 5.97 Å². The largest absolute Gasteiger partial charge is 0.496 e. The van der Waals surface area contributed by atoms with Gasteiger partial charge < -0.3 is 15.2 Å². The number of carbonyl (C=O) groups is 2. The van der Waals surface area contributed by atoms with Gasteiger partial charge in [-0.2, -0.15) is 0 Å². The first-order valence-corrected chi connectivity index (χ1v) is 12.8. The van der Waals surface area contributed by atoms with Crippen molar-refractivity contribution in [1.82, 2.24) is 0 Å². The fourth-order valence-electron chi connectivity index (χ4n) is 2.63. The second-order valence-electron chi connectivity index (χ2n) is 5.69. The molecular weight excluding hydrogens is 799 g/mol. The van der Waals surface area contributed by atoms with Gasteiger partial charge in [0.15, 0.2) is 0 Å². The van der Waals surface area contributed by atoms with Crippen molar-refractivity contribution in [3.8, 4) is 16.9 Å². The van der Waals surface area contributed by atoms with Gasteiger partial charge in [0.05, 0.1) is 16.2 Å². The molecule has 0 saturated heterocycles. The summed E-state index contributed by atoms with van der Waals surface area (Å²) in [5.74, 6) is -0.759. The maximum atomic E-state index is 13.0. The SMILES string of the molecule is COc1cc(I)c(C(=O)Nc2scc(-c3cccc(Br)c3)c2C(=O)O)c(I)c1I. The average Bonchev–Trinajstić information content (AvgIpc) is 3.08. The molecular formula is C19H11BrI3NO4S. The fourth-order valence-corrected chi connectivity index (χ4v) is 6.74. The molecule has 3 aromatic rings. The van der Waals surface area contributed by atoms with Crippen molar-refractivity contribution in [3.63, 3.8) is 0 Å². The van der Waals surface area contributed by atoms with Crippen molar-refractivity contribution < 1.29 is 19.4 Å². The lowest BCUT2D eigenvalue weighted by atomic mass is 10.0. The van der Waals surface area contributed by atoms with Crippen LogP contribution in [0.1, 0.15) is 20.7 Å². The Morgan fingerprint density at radius 2 is 1.86 bits per heavy atom. The number of methoxy groups -OCH3 is 1. The van der Waals surface area contributed by atoms with Crippen LogP contribution in [0.15, 0.2) is 40.2 Å². The van der Waals surface area contributed by atoms with Crippen LogP contribution >= 0.6 is 95.0 Å². The standard InChI is InChI=1S/C19H11BrI3NO4S/c1-28-12-6-11(21)14(16(23)15(12)22)17(25)24-18-13(19(26)27)10(7-29-18)8-3-2-4-9(20)5-8/h2-7H,1H3,(H,24,25)(H,26,27). The second kappa shape index (κ2) is 9.78. The summed E-state index contributed by atoms with van der Waals surface area (Å²) in [6, 6.07) is 9.18. The first-order chi connectivity index (χ1) is 13.7. The molecule has 0 spiro atoms. The summed E-state index contributed by atoms with van der Waals surface area (Å²) in [5.41, 5.74) is 1.89. The van der Waals surface area contributed by atoms with E-state index in [1.165, 1.54) is 11.3 Å². The second-order valence-corrected chi connectivity index (χ2v) is 10.8. The molecule has 0 fully saturated rings. The third-order valence-electron chi connectivity index (χ3n) is 3.94. The lowest BCUT2D eigenvalue weighted by Crippen LogP contribution is -2.17. The third kappa shape index (κ3) is 4.91. The van der Waals surface area contributed by atoms with E-state index in [1.54, 1.807) is 18.6 Å². The maximum absolute atomic E-state index is 13.0. The van der Waals surface area contributed by atoms with Crippen molar-refractivity contribution >= 4 is 112 Å². The van der Waals surface area contributed by atoms with Gasteiger partial charge in [0.1, 0.15) is 16.3 Å². The molecule has 1 aromatic heterocycles. The number of carboxylic acids is 1. The molecule has 0 bridgehead atoms. The molecule has 2 aromatic carbocycles. The Morgan fingerprint density at radius 1 is 1.14 bits per heavy atom. The molecule has 2 N–H and O–H groups in total. The number of halogens is 4. The molecule has 29 heavy (non-hydrogen) atoms. The Labute approximate surface area is 220 Å². The zero-order valence-corrected chi connectivity index (χ0v) is 23.4. The molecule has 0 aliphatic heterocycles. The molecule has 150 valence electrons. The molecule has 5 nitrogen and oxygen atoms in total. The summed E-state index contributed by atoms with van der Waals surface area (Å²) in [6.07, 6.45) is 0. The van der Waals surface area contributed by atoms with Gasteiger partial charge in [-0.3, -0.25) is 4.79 Å². The number of hydrogen-bond donors (Lipinski definition) is 2. The molecule has 0 aliphatic carbocycles. The van der Waals surface area contributed by atoms with Gasteiger partial charge in [0.2, 0.25) is 0 Å². The Morgan fingerprint density at radius 3 is 2.48 bits per heavy atom. The predicted molar refractivity (Wildman–Crippen MR) is 144 cm³/mol. The van der Waals surface area contributed by atoms with E-state index in [0.717, 1.165) is 20.7 Å². The number of carbonyl (C=O) groups excluding carboxylic acids is 1. The molecule has 0 saturated carbocycles. The molecule has 0 unspecified atom stereocenters. The number of amides is 1. The number of hydrogen-bond acceptors (Lipinski definition) is 4. The summed E-state index contributed by atoms with van der Waals surface area (Å²) in [6.45, 7) is 0. The number of nitrogens with one attached hydrogen (secondary N) is 1. The zero-order chi connectivity index (χ0) is 21.3. The Hall–Kier alpha value is -0.450. The molecule has 10 heteroatoms. The fraction of sp³-hybridized carbons (Fsp3) is 0.0526. The van der Waals surface area contributed by atoms with Crippen LogP contribution in [-0.2, 0) is 0 Å². The highest BCUT2D eigenvalue weighted by Gasteiger charge is 2.25. The first kappa shape index (κ1) is 23.2.